The van der Waals surface area contributed by atoms with Crippen molar-refractivity contribution in [3.05, 3.63) is 71.8 Å². The van der Waals surface area contributed by atoms with Crippen LogP contribution in [0.4, 0.5) is 0 Å². The van der Waals surface area contributed by atoms with Crippen LogP contribution in [0.3, 0.4) is 0 Å². The average Bonchev–Trinajstić information content (AvgIpc) is 2.88. The lowest BCUT2D eigenvalue weighted by molar-refractivity contribution is -0.0918. The van der Waals surface area contributed by atoms with Crippen molar-refractivity contribution in [3.63, 3.8) is 0 Å². The Balaban J connectivity index is 2.54. The maximum absolute atomic E-state index is 9.67. The number of aliphatic hydroxyl groups is 2. The minimum absolute atomic E-state index is 0.139. The van der Waals surface area contributed by atoms with Gasteiger partial charge in [0.15, 0.2) is 12.6 Å². The maximum Gasteiger partial charge on any atom is 0.197 e. The van der Waals surface area contributed by atoms with E-state index in [9.17, 15) is 10.2 Å². The molecule has 0 aliphatic carbocycles. The van der Waals surface area contributed by atoms with Crippen LogP contribution in [0, 0.1) is 0 Å². The zero-order valence-corrected chi connectivity index (χ0v) is 25.9. The van der Waals surface area contributed by atoms with Gasteiger partial charge in [0.2, 0.25) is 0 Å². The van der Waals surface area contributed by atoms with Crippen molar-refractivity contribution in [1.29, 1.82) is 0 Å². The van der Waals surface area contributed by atoms with Gasteiger partial charge in [-0.1, -0.05) is 39.1 Å². The Bertz CT molecular complexity index is 1050. The fourth-order valence-corrected chi connectivity index (χ4v) is 3.95. The number of benzene rings is 2. The van der Waals surface area contributed by atoms with Crippen LogP contribution in [0.15, 0.2) is 60.7 Å². The van der Waals surface area contributed by atoms with E-state index in [1.807, 2.05) is 50.2 Å². The molecule has 0 aliphatic heterocycles. The molecule has 8 nitrogen and oxygen atoms in total. The molecule has 2 aromatic rings. The predicted molar refractivity (Wildman–Crippen MR) is 161 cm³/mol. The van der Waals surface area contributed by atoms with Crippen molar-refractivity contribution in [2.24, 2.45) is 0 Å². The molecular weight excluding hydrogens is 524 g/mol. The molecule has 4 unspecified atom stereocenters. The normalized spacial score (nSPS) is 14.5. The Hall–Kier alpha value is -3.04. The molecule has 0 radical (unpaired) electrons. The lowest BCUT2D eigenvalue weighted by atomic mass is 9.77. The Morgan fingerprint density at radius 1 is 0.707 bits per heavy atom. The molecule has 0 aliphatic rings. The van der Waals surface area contributed by atoms with Crippen LogP contribution in [0.1, 0.15) is 66.5 Å². The minimum atomic E-state index is -0.627. The largest absolute Gasteiger partial charge is 0.489 e. The summed E-state index contributed by atoms with van der Waals surface area (Å²) < 4.78 is 35.7. The predicted octanol–water partition coefficient (Wildman–Crippen LogP) is 6.17. The Morgan fingerprint density at radius 2 is 1.07 bits per heavy atom. The van der Waals surface area contributed by atoms with Crippen LogP contribution in [-0.4, -0.2) is 61.4 Å². The molecule has 4 atom stereocenters. The molecular formula is C33H48O8. The highest BCUT2D eigenvalue weighted by molar-refractivity contribution is 5.54. The number of aliphatic hydroxyl groups excluding tert-OH is 2. The van der Waals surface area contributed by atoms with Gasteiger partial charge in [-0.2, -0.15) is 0 Å². The molecule has 2 aromatic carbocycles. The summed E-state index contributed by atoms with van der Waals surface area (Å²) in [5.41, 5.74) is 2.90. The number of hydrogen-bond donors (Lipinski definition) is 2. The molecule has 0 fully saturated rings. The van der Waals surface area contributed by atoms with E-state index in [0.29, 0.717) is 36.2 Å². The quantitative estimate of drug-likeness (QED) is 0.162. The van der Waals surface area contributed by atoms with E-state index >= 15 is 0 Å². The van der Waals surface area contributed by atoms with Gasteiger partial charge in [0, 0.05) is 28.7 Å². The standard InChI is InChI=1S/C33H48O8/c1-21(2)17-38-27-11-13-29(31(15-27)40-25(7)36-19-23(5)34)33(9,10)30-14-12-28(39-18-22(3)4)16-32(30)41-26(8)37-20-24(6)35/h11-16,23-26,34-35H,1,3,17-20H2,2,4-10H3. The zero-order chi connectivity index (χ0) is 30.7. The van der Waals surface area contributed by atoms with Gasteiger partial charge in [-0.3, -0.25) is 0 Å². The van der Waals surface area contributed by atoms with Gasteiger partial charge in [-0.05, 0) is 64.8 Å². The van der Waals surface area contributed by atoms with E-state index in [4.69, 9.17) is 28.4 Å². The lowest BCUT2D eigenvalue weighted by Crippen LogP contribution is -2.27. The molecule has 0 aromatic heterocycles. The average molecular weight is 573 g/mol. The third-order valence-electron chi connectivity index (χ3n) is 5.95. The Kier molecular flexibility index (Phi) is 13.2. The van der Waals surface area contributed by atoms with Crippen molar-refractivity contribution in [2.75, 3.05) is 26.4 Å². The zero-order valence-electron chi connectivity index (χ0n) is 25.9. The lowest BCUT2D eigenvalue weighted by Gasteiger charge is -2.32. The van der Waals surface area contributed by atoms with Crippen molar-refractivity contribution >= 4 is 0 Å². The number of hydrogen-bond acceptors (Lipinski definition) is 8. The van der Waals surface area contributed by atoms with Crippen LogP contribution < -0.4 is 18.9 Å². The molecule has 228 valence electrons. The summed E-state index contributed by atoms with van der Waals surface area (Å²) in [6, 6.07) is 11.4. The fraction of sp³-hybridized carbons (Fsp3) is 0.515. The third-order valence-corrected chi connectivity index (χ3v) is 5.95. The summed E-state index contributed by atoms with van der Waals surface area (Å²) in [6.45, 7) is 23.7. The van der Waals surface area contributed by atoms with Gasteiger partial charge >= 0.3 is 0 Å². The van der Waals surface area contributed by atoms with Gasteiger partial charge in [0.1, 0.15) is 36.2 Å². The van der Waals surface area contributed by atoms with Gasteiger partial charge in [-0.15, -0.1) is 0 Å². The summed E-state index contributed by atoms with van der Waals surface area (Å²) in [5, 5.41) is 19.3. The summed E-state index contributed by atoms with van der Waals surface area (Å²) in [5.74, 6) is 2.40. The molecule has 41 heavy (non-hydrogen) atoms. The van der Waals surface area contributed by atoms with Crippen molar-refractivity contribution in [1.82, 2.24) is 0 Å². The highest BCUT2D eigenvalue weighted by Crippen LogP contribution is 2.44. The molecule has 2 N–H and O–H groups in total. The molecule has 2 rings (SSSR count). The van der Waals surface area contributed by atoms with Crippen LogP contribution in [0.2, 0.25) is 0 Å². The van der Waals surface area contributed by atoms with E-state index in [-0.39, 0.29) is 13.2 Å². The van der Waals surface area contributed by atoms with E-state index in [0.717, 1.165) is 22.3 Å². The van der Waals surface area contributed by atoms with Gasteiger partial charge in [0.05, 0.1) is 25.4 Å². The topological polar surface area (TPSA) is 95.8 Å². The highest BCUT2D eigenvalue weighted by atomic mass is 16.7. The molecule has 8 heteroatoms. The van der Waals surface area contributed by atoms with Crippen LogP contribution in [0.5, 0.6) is 23.0 Å². The first-order chi connectivity index (χ1) is 19.2. The Labute approximate surface area is 245 Å². The SMILES string of the molecule is C=C(C)COc1ccc(C(C)(C)c2ccc(OCC(=C)C)cc2OC(C)OCC(C)O)c(OC(C)OCC(C)O)c1. The van der Waals surface area contributed by atoms with Gasteiger partial charge < -0.3 is 38.6 Å². The Morgan fingerprint density at radius 3 is 1.39 bits per heavy atom. The second kappa shape index (κ2) is 15.8. The molecule has 0 bridgehead atoms. The smallest absolute Gasteiger partial charge is 0.197 e. The van der Waals surface area contributed by atoms with Gasteiger partial charge in [0.25, 0.3) is 0 Å². The monoisotopic (exact) mass is 572 g/mol. The summed E-state index contributed by atoms with van der Waals surface area (Å²) >= 11 is 0. The second-order valence-electron chi connectivity index (χ2n) is 11.2. The minimum Gasteiger partial charge on any atom is -0.489 e. The number of ether oxygens (including phenoxy) is 6. The van der Waals surface area contributed by atoms with E-state index in [1.54, 1.807) is 27.7 Å². The highest BCUT2D eigenvalue weighted by Gasteiger charge is 2.32. The molecule has 0 saturated carbocycles. The first-order valence-corrected chi connectivity index (χ1v) is 13.9. The van der Waals surface area contributed by atoms with E-state index in [2.05, 4.69) is 27.0 Å². The first kappa shape index (κ1) is 34.2. The van der Waals surface area contributed by atoms with Crippen LogP contribution in [-0.2, 0) is 14.9 Å². The van der Waals surface area contributed by atoms with Crippen molar-refractivity contribution < 1.29 is 38.6 Å². The molecule has 0 spiro atoms. The second-order valence-corrected chi connectivity index (χ2v) is 11.2. The van der Waals surface area contributed by atoms with Gasteiger partial charge in [-0.25, -0.2) is 0 Å². The maximum atomic E-state index is 9.67. The van der Waals surface area contributed by atoms with E-state index < -0.39 is 30.2 Å². The third kappa shape index (κ3) is 11.4. The summed E-state index contributed by atoms with van der Waals surface area (Å²) in [6.07, 6.45) is -2.49. The molecule has 0 heterocycles. The fourth-order valence-electron chi connectivity index (χ4n) is 3.95. The molecule has 0 amide bonds. The summed E-state index contributed by atoms with van der Waals surface area (Å²) in [4.78, 5) is 0. The van der Waals surface area contributed by atoms with Crippen molar-refractivity contribution in [3.8, 4) is 23.0 Å². The number of rotatable bonds is 18. The molecule has 0 saturated heterocycles. The summed E-state index contributed by atoms with van der Waals surface area (Å²) in [7, 11) is 0. The van der Waals surface area contributed by atoms with Crippen LogP contribution >= 0.6 is 0 Å². The first-order valence-electron chi connectivity index (χ1n) is 13.9. The van der Waals surface area contributed by atoms with E-state index in [1.165, 1.54) is 0 Å². The van der Waals surface area contributed by atoms with Crippen LogP contribution in [0.25, 0.3) is 0 Å². The van der Waals surface area contributed by atoms with Crippen molar-refractivity contribution in [2.45, 2.75) is 85.6 Å².